The number of unbranched alkanes of at least 4 members (excludes halogenated alkanes) is 1. The maximum atomic E-state index is 13.3. The summed E-state index contributed by atoms with van der Waals surface area (Å²) in [5, 5.41) is 3.56. The average molecular weight is 399 g/mol. The summed E-state index contributed by atoms with van der Waals surface area (Å²) in [7, 11) is 0. The summed E-state index contributed by atoms with van der Waals surface area (Å²) in [5.74, 6) is 0.873. The third-order valence-electron chi connectivity index (χ3n) is 6.38. The molecule has 0 saturated heterocycles. The molecule has 1 N–H and O–H groups in total. The number of hydrogen-bond donors (Lipinski definition) is 1. The lowest BCUT2D eigenvalue weighted by molar-refractivity contribution is 0.0964. The Morgan fingerprint density at radius 1 is 1.17 bits per heavy atom. The average Bonchev–Trinajstić information content (AvgIpc) is 2.67. The van der Waals surface area contributed by atoms with Crippen LogP contribution in [0.5, 0.6) is 0 Å². The van der Waals surface area contributed by atoms with Crippen LogP contribution in [0.15, 0.2) is 36.0 Å². The molecule has 29 heavy (non-hydrogen) atoms. The van der Waals surface area contributed by atoms with E-state index in [-0.39, 0.29) is 16.7 Å². The van der Waals surface area contributed by atoms with Crippen LogP contribution in [0.3, 0.4) is 0 Å². The van der Waals surface area contributed by atoms with E-state index in [9.17, 15) is 4.79 Å². The second-order valence-corrected chi connectivity index (χ2v) is 10.2. The molecule has 0 fully saturated rings. The van der Waals surface area contributed by atoms with Gasteiger partial charge >= 0.3 is 0 Å². The fraction of sp³-hybridized carbons (Fsp3) is 0.654. The van der Waals surface area contributed by atoms with E-state index in [0.29, 0.717) is 5.92 Å². The minimum absolute atomic E-state index is 0.0312. The van der Waals surface area contributed by atoms with Gasteiger partial charge < -0.3 is 10.2 Å². The van der Waals surface area contributed by atoms with Crippen molar-refractivity contribution >= 4 is 11.5 Å². The summed E-state index contributed by atoms with van der Waals surface area (Å²) in [4.78, 5) is 15.6. The minimum Gasteiger partial charge on any atom is -0.385 e. The molecule has 3 nitrogen and oxygen atoms in total. The number of benzene rings is 1. The lowest BCUT2D eigenvalue weighted by atomic mass is 9.75. The topological polar surface area (TPSA) is 32.3 Å². The first-order valence-electron chi connectivity index (χ1n) is 11.5. The predicted octanol–water partition coefficient (Wildman–Crippen LogP) is 6.91. The highest BCUT2D eigenvalue weighted by molar-refractivity contribution is 6.09. The van der Waals surface area contributed by atoms with E-state index in [0.717, 1.165) is 36.3 Å². The van der Waals surface area contributed by atoms with Crippen LogP contribution < -0.4 is 5.32 Å². The van der Waals surface area contributed by atoms with Gasteiger partial charge in [0.05, 0.1) is 0 Å². The summed E-state index contributed by atoms with van der Waals surface area (Å²) in [6, 6.07) is 8.06. The Bertz CT molecular complexity index is 694. The van der Waals surface area contributed by atoms with Crippen LogP contribution >= 0.6 is 0 Å². The minimum atomic E-state index is -0.0939. The smallest absolute Gasteiger partial charge is 0.191 e. The zero-order valence-electron chi connectivity index (χ0n) is 19.8. The van der Waals surface area contributed by atoms with Gasteiger partial charge in [-0.05, 0) is 69.2 Å². The molecule has 0 amide bonds. The Balaban J connectivity index is 2.10. The van der Waals surface area contributed by atoms with Crippen molar-refractivity contribution in [1.29, 1.82) is 0 Å². The van der Waals surface area contributed by atoms with Gasteiger partial charge in [0.2, 0.25) is 0 Å². The Hall–Kier alpha value is -1.77. The Morgan fingerprint density at radius 3 is 2.38 bits per heavy atom. The Kier molecular flexibility index (Phi) is 7.96. The molecule has 162 valence electrons. The molecule has 1 unspecified atom stereocenters. The van der Waals surface area contributed by atoms with Gasteiger partial charge in [-0.2, -0.15) is 0 Å². The molecular weight excluding hydrogens is 356 g/mol. The summed E-state index contributed by atoms with van der Waals surface area (Å²) in [5.41, 5.74) is 2.74. The quantitative estimate of drug-likeness (QED) is 0.459. The van der Waals surface area contributed by atoms with Crippen molar-refractivity contribution in [3.05, 3.63) is 41.6 Å². The van der Waals surface area contributed by atoms with Crippen molar-refractivity contribution in [2.75, 3.05) is 18.4 Å². The van der Waals surface area contributed by atoms with E-state index in [2.05, 4.69) is 77.0 Å². The molecule has 0 radical (unpaired) electrons. The summed E-state index contributed by atoms with van der Waals surface area (Å²) < 4.78 is 0. The lowest BCUT2D eigenvalue weighted by Gasteiger charge is -2.43. The summed E-state index contributed by atoms with van der Waals surface area (Å²) >= 11 is 0. The van der Waals surface area contributed by atoms with Gasteiger partial charge in [-0.3, -0.25) is 4.79 Å². The highest BCUT2D eigenvalue weighted by Gasteiger charge is 2.35. The third kappa shape index (κ3) is 6.35. The number of nitrogens with one attached hydrogen (secondary N) is 1. The molecule has 1 atom stereocenters. The SMILES string of the molecule is CCCCC(CC)CNc1ccc(C(=O)C2=CN(C(C)(C)C)CCC2(C)C)cc1. The van der Waals surface area contributed by atoms with Gasteiger partial charge in [0.15, 0.2) is 5.78 Å². The molecule has 3 heteroatoms. The molecule has 0 aliphatic carbocycles. The number of ketones is 1. The van der Waals surface area contributed by atoms with Crippen molar-refractivity contribution in [3.63, 3.8) is 0 Å². The van der Waals surface area contributed by atoms with Crippen LogP contribution in [0.4, 0.5) is 5.69 Å². The highest BCUT2D eigenvalue weighted by atomic mass is 16.1. The van der Waals surface area contributed by atoms with Gasteiger partial charge in [-0.1, -0.05) is 47.0 Å². The van der Waals surface area contributed by atoms with Crippen molar-refractivity contribution in [2.24, 2.45) is 11.3 Å². The fourth-order valence-electron chi connectivity index (χ4n) is 3.93. The fourth-order valence-corrected chi connectivity index (χ4v) is 3.93. The molecule has 0 saturated carbocycles. The van der Waals surface area contributed by atoms with E-state index in [1.54, 1.807) is 0 Å². The number of anilines is 1. The van der Waals surface area contributed by atoms with Gasteiger partial charge in [0, 0.05) is 41.7 Å². The predicted molar refractivity (Wildman–Crippen MR) is 126 cm³/mol. The molecule has 0 spiro atoms. The summed E-state index contributed by atoms with van der Waals surface area (Å²) in [6.07, 6.45) is 8.15. The van der Waals surface area contributed by atoms with Crippen LogP contribution in [0.2, 0.25) is 0 Å². The number of carbonyl (C=O) groups excluding carboxylic acids is 1. The normalized spacial score (nSPS) is 17.6. The van der Waals surface area contributed by atoms with E-state index < -0.39 is 0 Å². The monoisotopic (exact) mass is 398 g/mol. The van der Waals surface area contributed by atoms with Gasteiger partial charge in [0.25, 0.3) is 0 Å². The van der Waals surface area contributed by atoms with Crippen molar-refractivity contribution in [2.45, 2.75) is 86.1 Å². The number of allylic oxidation sites excluding steroid dienone is 1. The molecule has 2 rings (SSSR count). The largest absolute Gasteiger partial charge is 0.385 e. The van der Waals surface area contributed by atoms with Gasteiger partial charge in [-0.15, -0.1) is 0 Å². The van der Waals surface area contributed by atoms with Crippen LogP contribution in [0.1, 0.15) is 90.9 Å². The number of hydrogen-bond acceptors (Lipinski definition) is 3. The van der Waals surface area contributed by atoms with E-state index in [1.165, 1.54) is 25.7 Å². The van der Waals surface area contributed by atoms with Gasteiger partial charge in [0.1, 0.15) is 0 Å². The molecule has 1 aromatic rings. The number of rotatable bonds is 9. The molecule has 0 bridgehead atoms. The zero-order valence-corrected chi connectivity index (χ0v) is 19.8. The molecule has 1 aliphatic heterocycles. The Morgan fingerprint density at radius 2 is 1.83 bits per heavy atom. The number of nitrogens with zero attached hydrogens (tertiary/aromatic N) is 1. The van der Waals surface area contributed by atoms with E-state index in [4.69, 9.17) is 0 Å². The first kappa shape index (κ1) is 23.5. The van der Waals surface area contributed by atoms with Crippen molar-refractivity contribution in [3.8, 4) is 0 Å². The zero-order chi connectivity index (χ0) is 21.7. The lowest BCUT2D eigenvalue weighted by Crippen LogP contribution is -2.44. The van der Waals surface area contributed by atoms with Crippen LogP contribution in [0, 0.1) is 11.3 Å². The van der Waals surface area contributed by atoms with Crippen molar-refractivity contribution in [1.82, 2.24) is 4.90 Å². The van der Waals surface area contributed by atoms with Crippen LogP contribution in [-0.2, 0) is 0 Å². The Labute approximate surface area is 179 Å². The molecule has 1 aromatic carbocycles. The first-order chi connectivity index (χ1) is 13.6. The van der Waals surface area contributed by atoms with Crippen molar-refractivity contribution < 1.29 is 4.79 Å². The number of carbonyl (C=O) groups is 1. The number of Topliss-reactive ketones (excluding diaryl/α,β-unsaturated/α-hetero) is 1. The summed E-state index contributed by atoms with van der Waals surface area (Å²) in [6.45, 7) is 17.5. The molecule has 1 heterocycles. The second-order valence-electron chi connectivity index (χ2n) is 10.2. The van der Waals surface area contributed by atoms with Gasteiger partial charge in [-0.25, -0.2) is 0 Å². The van der Waals surface area contributed by atoms with Crippen LogP contribution in [-0.4, -0.2) is 29.3 Å². The van der Waals surface area contributed by atoms with E-state index in [1.807, 2.05) is 12.1 Å². The highest BCUT2D eigenvalue weighted by Crippen LogP contribution is 2.38. The standard InChI is InChI=1S/C26H42N2O/c1-8-10-11-20(9-2)18-27-22-14-12-21(13-15-22)24(29)23-19-28(25(3,4)5)17-16-26(23,6)7/h12-15,19-20,27H,8-11,16-18H2,1-7H3. The molecular formula is C26H42N2O. The first-order valence-corrected chi connectivity index (χ1v) is 11.5. The molecule has 1 aliphatic rings. The second kappa shape index (κ2) is 9.82. The maximum Gasteiger partial charge on any atom is 0.191 e. The molecule has 0 aromatic heterocycles. The van der Waals surface area contributed by atoms with Crippen LogP contribution in [0.25, 0.3) is 0 Å². The maximum absolute atomic E-state index is 13.3. The third-order valence-corrected chi connectivity index (χ3v) is 6.38. The van der Waals surface area contributed by atoms with E-state index >= 15 is 0 Å².